The Hall–Kier alpha value is -0.960. The van der Waals surface area contributed by atoms with Crippen molar-refractivity contribution in [2.24, 2.45) is 5.73 Å². The van der Waals surface area contributed by atoms with Crippen molar-refractivity contribution >= 4 is 0 Å². The molecule has 0 saturated carbocycles. The molecule has 0 aliphatic carbocycles. The maximum Gasteiger partial charge on any atom is 0.128 e. The van der Waals surface area contributed by atoms with Crippen LogP contribution >= 0.6 is 0 Å². The van der Waals surface area contributed by atoms with E-state index >= 15 is 0 Å². The van der Waals surface area contributed by atoms with Crippen LogP contribution in [0.15, 0.2) is 12.3 Å². The molecule has 0 spiro atoms. The van der Waals surface area contributed by atoms with Gasteiger partial charge in [-0.2, -0.15) is 0 Å². The van der Waals surface area contributed by atoms with E-state index < -0.39 is 0 Å². The van der Waals surface area contributed by atoms with Gasteiger partial charge in [-0.15, -0.1) is 0 Å². The molecule has 0 saturated heterocycles. The molecular formula is C10H17N3. The lowest BCUT2D eigenvalue weighted by molar-refractivity contribution is 0.517. The van der Waals surface area contributed by atoms with Gasteiger partial charge in [0, 0.05) is 24.6 Å². The van der Waals surface area contributed by atoms with Crippen LogP contribution in [0.25, 0.3) is 0 Å². The molecule has 0 fully saturated rings. The topological polar surface area (TPSA) is 51.8 Å². The number of aryl methyl sites for hydroxylation is 1. The summed E-state index contributed by atoms with van der Waals surface area (Å²) >= 11 is 0. The lowest BCUT2D eigenvalue weighted by atomic mass is 9.89. The molecule has 72 valence electrons. The van der Waals surface area contributed by atoms with E-state index in [0.717, 1.165) is 17.9 Å². The van der Waals surface area contributed by atoms with Gasteiger partial charge in [-0.3, -0.25) is 0 Å². The van der Waals surface area contributed by atoms with Crippen LogP contribution in [0, 0.1) is 0 Å². The van der Waals surface area contributed by atoms with E-state index in [0.29, 0.717) is 6.54 Å². The van der Waals surface area contributed by atoms with Crippen molar-refractivity contribution < 1.29 is 0 Å². The highest BCUT2D eigenvalue weighted by Crippen LogP contribution is 2.18. The molecule has 0 radical (unpaired) electrons. The van der Waals surface area contributed by atoms with Crippen LogP contribution in [-0.2, 0) is 11.8 Å². The highest BCUT2D eigenvalue weighted by atomic mass is 14.9. The third-order valence-corrected chi connectivity index (χ3v) is 2.23. The smallest absolute Gasteiger partial charge is 0.128 e. The number of hydrogen-bond donors (Lipinski definition) is 1. The Morgan fingerprint density at radius 3 is 2.69 bits per heavy atom. The zero-order valence-corrected chi connectivity index (χ0v) is 8.54. The predicted octanol–water partition coefficient (Wildman–Crippen LogP) is 1.28. The second-order valence-electron chi connectivity index (χ2n) is 3.80. The minimum absolute atomic E-state index is 0.0488. The van der Waals surface area contributed by atoms with Crippen LogP contribution in [0.5, 0.6) is 0 Å². The summed E-state index contributed by atoms with van der Waals surface area (Å²) in [6.45, 7) is 6.84. The maximum atomic E-state index is 5.67. The van der Waals surface area contributed by atoms with Gasteiger partial charge in [-0.25, -0.2) is 9.97 Å². The van der Waals surface area contributed by atoms with Crippen LogP contribution in [0.4, 0.5) is 0 Å². The monoisotopic (exact) mass is 179 g/mol. The van der Waals surface area contributed by atoms with Crippen LogP contribution in [0.1, 0.15) is 32.3 Å². The molecule has 1 aromatic rings. The first kappa shape index (κ1) is 10.1. The summed E-state index contributed by atoms with van der Waals surface area (Å²) in [6.07, 6.45) is 2.67. The van der Waals surface area contributed by atoms with Crippen molar-refractivity contribution in [2.75, 3.05) is 6.54 Å². The Labute approximate surface area is 79.4 Å². The molecular weight excluding hydrogens is 162 g/mol. The van der Waals surface area contributed by atoms with Crippen molar-refractivity contribution in [1.29, 1.82) is 0 Å². The summed E-state index contributed by atoms with van der Waals surface area (Å²) in [6, 6.07) is 1.94. The summed E-state index contributed by atoms with van der Waals surface area (Å²) in [5, 5.41) is 0. The summed E-state index contributed by atoms with van der Waals surface area (Å²) in [4.78, 5) is 8.60. The molecule has 0 amide bonds. The van der Waals surface area contributed by atoms with Crippen molar-refractivity contribution in [3.8, 4) is 0 Å². The zero-order valence-electron chi connectivity index (χ0n) is 8.54. The van der Waals surface area contributed by atoms with Crippen LogP contribution in [0.3, 0.4) is 0 Å². The molecule has 0 unspecified atom stereocenters. The zero-order chi connectivity index (χ0) is 9.90. The third kappa shape index (κ3) is 2.25. The van der Waals surface area contributed by atoms with E-state index in [1.807, 2.05) is 6.07 Å². The molecule has 0 aliphatic rings. The first-order chi connectivity index (χ1) is 6.10. The first-order valence-corrected chi connectivity index (χ1v) is 4.62. The SMILES string of the molecule is CCc1nccc(C(C)(C)CN)n1. The number of aromatic nitrogens is 2. The van der Waals surface area contributed by atoms with Crippen LogP contribution < -0.4 is 5.73 Å². The van der Waals surface area contributed by atoms with Gasteiger partial charge in [0.05, 0.1) is 5.69 Å². The minimum Gasteiger partial charge on any atom is -0.330 e. The van der Waals surface area contributed by atoms with Crippen molar-refractivity contribution in [1.82, 2.24) is 9.97 Å². The first-order valence-electron chi connectivity index (χ1n) is 4.62. The second kappa shape index (κ2) is 3.83. The van der Waals surface area contributed by atoms with Gasteiger partial charge in [0.15, 0.2) is 0 Å². The van der Waals surface area contributed by atoms with E-state index in [2.05, 4.69) is 30.7 Å². The Balaban J connectivity index is 3.01. The van der Waals surface area contributed by atoms with E-state index in [1.165, 1.54) is 0 Å². The predicted molar refractivity (Wildman–Crippen MR) is 53.5 cm³/mol. The molecule has 3 heteroatoms. The van der Waals surface area contributed by atoms with E-state index in [1.54, 1.807) is 6.20 Å². The molecule has 1 aromatic heterocycles. The number of nitrogens with zero attached hydrogens (tertiary/aromatic N) is 2. The normalized spacial score (nSPS) is 11.7. The van der Waals surface area contributed by atoms with E-state index in [4.69, 9.17) is 5.73 Å². The summed E-state index contributed by atoms with van der Waals surface area (Å²) in [5.41, 5.74) is 6.65. The lowest BCUT2D eigenvalue weighted by Gasteiger charge is -2.21. The average Bonchev–Trinajstić information content (AvgIpc) is 2.18. The number of nitrogens with two attached hydrogens (primary N) is 1. The molecule has 3 nitrogen and oxygen atoms in total. The Morgan fingerprint density at radius 2 is 2.15 bits per heavy atom. The average molecular weight is 179 g/mol. The number of rotatable bonds is 3. The summed E-state index contributed by atoms with van der Waals surface area (Å²) < 4.78 is 0. The maximum absolute atomic E-state index is 5.67. The van der Waals surface area contributed by atoms with Gasteiger partial charge in [-0.1, -0.05) is 20.8 Å². The molecule has 13 heavy (non-hydrogen) atoms. The third-order valence-electron chi connectivity index (χ3n) is 2.23. The lowest BCUT2D eigenvalue weighted by Crippen LogP contribution is -2.29. The van der Waals surface area contributed by atoms with Gasteiger partial charge in [0.25, 0.3) is 0 Å². The Kier molecular flexibility index (Phi) is 2.98. The van der Waals surface area contributed by atoms with Gasteiger partial charge >= 0.3 is 0 Å². The molecule has 0 atom stereocenters. The molecule has 2 N–H and O–H groups in total. The highest BCUT2D eigenvalue weighted by Gasteiger charge is 2.20. The minimum atomic E-state index is -0.0488. The fraction of sp³-hybridized carbons (Fsp3) is 0.600. The van der Waals surface area contributed by atoms with Crippen LogP contribution in [-0.4, -0.2) is 16.5 Å². The molecule has 0 aromatic carbocycles. The molecule has 0 aliphatic heterocycles. The van der Waals surface area contributed by atoms with Crippen molar-refractivity contribution in [3.63, 3.8) is 0 Å². The molecule has 0 bridgehead atoms. The fourth-order valence-corrected chi connectivity index (χ4v) is 1.05. The van der Waals surface area contributed by atoms with Gasteiger partial charge < -0.3 is 5.73 Å². The molecule has 1 rings (SSSR count). The van der Waals surface area contributed by atoms with E-state index in [-0.39, 0.29) is 5.41 Å². The Bertz CT molecular complexity index is 281. The van der Waals surface area contributed by atoms with Gasteiger partial charge in [-0.05, 0) is 6.07 Å². The second-order valence-corrected chi connectivity index (χ2v) is 3.80. The standard InChI is InChI=1S/C10H17N3/c1-4-9-12-6-5-8(13-9)10(2,3)7-11/h5-6H,4,7,11H2,1-3H3. The van der Waals surface area contributed by atoms with Crippen LogP contribution in [0.2, 0.25) is 0 Å². The summed E-state index contributed by atoms with van der Waals surface area (Å²) in [7, 11) is 0. The molecule has 1 heterocycles. The quantitative estimate of drug-likeness (QED) is 0.760. The Morgan fingerprint density at radius 1 is 1.46 bits per heavy atom. The van der Waals surface area contributed by atoms with Crippen molar-refractivity contribution in [2.45, 2.75) is 32.6 Å². The van der Waals surface area contributed by atoms with E-state index in [9.17, 15) is 0 Å². The van der Waals surface area contributed by atoms with Crippen molar-refractivity contribution in [3.05, 3.63) is 23.8 Å². The number of hydrogen-bond acceptors (Lipinski definition) is 3. The summed E-state index contributed by atoms with van der Waals surface area (Å²) in [5.74, 6) is 0.888. The van der Waals surface area contributed by atoms with Gasteiger partial charge in [0.2, 0.25) is 0 Å². The fourth-order valence-electron chi connectivity index (χ4n) is 1.05. The largest absolute Gasteiger partial charge is 0.330 e. The van der Waals surface area contributed by atoms with Gasteiger partial charge in [0.1, 0.15) is 5.82 Å². The highest BCUT2D eigenvalue weighted by molar-refractivity contribution is 5.14.